The van der Waals surface area contributed by atoms with Crippen LogP contribution < -0.4 is 20.1 Å². The maximum atomic E-state index is 5.71. The molecule has 0 spiro atoms. The molecule has 0 radical (unpaired) electrons. The average Bonchev–Trinajstić information content (AvgIpc) is 3.22. The summed E-state index contributed by atoms with van der Waals surface area (Å²) in [5.41, 5.74) is 0. The molecule has 1 saturated heterocycles. The minimum absolute atomic E-state index is 0. The zero-order valence-electron chi connectivity index (χ0n) is 16.9. The molecule has 160 valence electrons. The molecule has 0 saturated carbocycles. The van der Waals surface area contributed by atoms with Gasteiger partial charge in [-0.3, -0.25) is 4.99 Å². The monoisotopic (exact) mass is 507 g/mol. The second-order valence-electron chi connectivity index (χ2n) is 6.46. The van der Waals surface area contributed by atoms with Crippen molar-refractivity contribution in [3.05, 3.63) is 24.3 Å². The Morgan fingerprint density at radius 1 is 1.11 bits per heavy atom. The molecular weight excluding hydrogens is 473 g/mol. The quantitative estimate of drug-likeness (QED) is 0.196. The van der Waals surface area contributed by atoms with Crippen LogP contribution in [0.15, 0.2) is 29.3 Å². The van der Waals surface area contributed by atoms with Crippen molar-refractivity contribution in [2.45, 2.75) is 19.3 Å². The second kappa shape index (κ2) is 15.6. The predicted molar refractivity (Wildman–Crippen MR) is 122 cm³/mol. The van der Waals surface area contributed by atoms with Gasteiger partial charge in [0.15, 0.2) is 5.96 Å². The number of hydrogen-bond acceptors (Lipinski definition) is 5. The molecule has 1 fully saturated rings. The first-order valence-electron chi connectivity index (χ1n) is 9.68. The van der Waals surface area contributed by atoms with Crippen LogP contribution in [0.25, 0.3) is 0 Å². The van der Waals surface area contributed by atoms with Crippen molar-refractivity contribution >= 4 is 29.9 Å². The normalized spacial score (nSPS) is 16.4. The van der Waals surface area contributed by atoms with Crippen LogP contribution in [0.4, 0.5) is 0 Å². The predicted octanol–water partition coefficient (Wildman–Crippen LogP) is 2.69. The largest absolute Gasteiger partial charge is 0.497 e. The Labute approximate surface area is 185 Å². The lowest BCUT2D eigenvalue weighted by Crippen LogP contribution is -2.38. The minimum atomic E-state index is 0. The molecular formula is C20H34IN3O4. The summed E-state index contributed by atoms with van der Waals surface area (Å²) in [4.78, 5) is 4.23. The van der Waals surface area contributed by atoms with Gasteiger partial charge in [-0.2, -0.15) is 0 Å². The average molecular weight is 507 g/mol. The first-order chi connectivity index (χ1) is 13.3. The number of rotatable bonds is 12. The Balaban J connectivity index is 0.00000392. The molecule has 0 amide bonds. The van der Waals surface area contributed by atoms with E-state index in [0.717, 1.165) is 76.2 Å². The van der Waals surface area contributed by atoms with E-state index in [9.17, 15) is 0 Å². The zero-order valence-corrected chi connectivity index (χ0v) is 19.3. The fourth-order valence-electron chi connectivity index (χ4n) is 2.71. The lowest BCUT2D eigenvalue weighted by Gasteiger charge is -2.13. The molecule has 1 aliphatic rings. The van der Waals surface area contributed by atoms with Gasteiger partial charge in [-0.25, -0.2) is 0 Å². The fraction of sp³-hybridized carbons (Fsp3) is 0.650. The Morgan fingerprint density at radius 3 is 2.39 bits per heavy atom. The molecule has 1 aromatic carbocycles. The Kier molecular flexibility index (Phi) is 13.8. The summed E-state index contributed by atoms with van der Waals surface area (Å²) >= 11 is 0. The Morgan fingerprint density at radius 2 is 1.79 bits per heavy atom. The van der Waals surface area contributed by atoms with E-state index < -0.39 is 0 Å². The van der Waals surface area contributed by atoms with Crippen molar-refractivity contribution in [2.24, 2.45) is 10.9 Å². The van der Waals surface area contributed by atoms with Crippen molar-refractivity contribution in [1.82, 2.24) is 10.6 Å². The topological polar surface area (TPSA) is 73.3 Å². The number of guanidine groups is 1. The highest BCUT2D eigenvalue weighted by Crippen LogP contribution is 2.17. The first-order valence-corrected chi connectivity index (χ1v) is 9.68. The van der Waals surface area contributed by atoms with E-state index in [-0.39, 0.29) is 24.0 Å². The van der Waals surface area contributed by atoms with Crippen molar-refractivity contribution < 1.29 is 18.9 Å². The van der Waals surface area contributed by atoms with Crippen molar-refractivity contribution in [2.75, 3.05) is 60.3 Å². The molecule has 8 heteroatoms. The van der Waals surface area contributed by atoms with Gasteiger partial charge in [0.2, 0.25) is 0 Å². The van der Waals surface area contributed by atoms with Crippen LogP contribution in [0.2, 0.25) is 0 Å². The van der Waals surface area contributed by atoms with Gasteiger partial charge in [0.25, 0.3) is 0 Å². The SMILES string of the molecule is CN=C(NCCCOCC1CCOC1)NCCCOc1ccc(OC)cc1.I. The number of halogens is 1. The van der Waals surface area contributed by atoms with Crippen molar-refractivity contribution in [3.8, 4) is 11.5 Å². The van der Waals surface area contributed by atoms with E-state index in [1.165, 1.54) is 0 Å². The maximum absolute atomic E-state index is 5.71. The van der Waals surface area contributed by atoms with Gasteiger partial charge in [-0.15, -0.1) is 24.0 Å². The van der Waals surface area contributed by atoms with Crippen LogP contribution in [0, 0.1) is 5.92 Å². The molecule has 7 nitrogen and oxygen atoms in total. The number of methoxy groups -OCH3 is 1. The van der Waals surface area contributed by atoms with Crippen LogP contribution in [0.1, 0.15) is 19.3 Å². The van der Waals surface area contributed by atoms with Crippen molar-refractivity contribution in [1.29, 1.82) is 0 Å². The van der Waals surface area contributed by atoms with Gasteiger partial charge < -0.3 is 29.6 Å². The van der Waals surface area contributed by atoms with E-state index in [1.807, 2.05) is 24.3 Å². The highest BCUT2D eigenvalue weighted by molar-refractivity contribution is 14.0. The van der Waals surface area contributed by atoms with E-state index in [4.69, 9.17) is 18.9 Å². The molecule has 0 aliphatic carbocycles. The van der Waals surface area contributed by atoms with Crippen LogP contribution in [-0.4, -0.2) is 66.2 Å². The molecule has 1 atom stereocenters. The zero-order chi connectivity index (χ0) is 19.2. The first kappa shape index (κ1) is 24.8. The van der Waals surface area contributed by atoms with Crippen LogP contribution >= 0.6 is 24.0 Å². The number of ether oxygens (including phenoxy) is 4. The molecule has 1 aromatic rings. The van der Waals surface area contributed by atoms with E-state index in [0.29, 0.717) is 12.5 Å². The molecule has 0 aromatic heterocycles. The number of aliphatic imine (C=N–C) groups is 1. The third kappa shape index (κ3) is 10.3. The molecule has 1 unspecified atom stereocenters. The minimum Gasteiger partial charge on any atom is -0.497 e. The number of nitrogens with one attached hydrogen (secondary N) is 2. The molecule has 1 heterocycles. The molecule has 1 aliphatic heterocycles. The summed E-state index contributed by atoms with van der Waals surface area (Å²) in [5, 5.41) is 6.59. The number of hydrogen-bond donors (Lipinski definition) is 2. The molecule has 0 bridgehead atoms. The van der Waals surface area contributed by atoms with Crippen LogP contribution in [-0.2, 0) is 9.47 Å². The van der Waals surface area contributed by atoms with Gasteiger partial charge in [-0.05, 0) is 43.5 Å². The van der Waals surface area contributed by atoms with E-state index in [2.05, 4.69) is 15.6 Å². The summed E-state index contributed by atoms with van der Waals surface area (Å²) < 4.78 is 21.9. The lowest BCUT2D eigenvalue weighted by molar-refractivity contribution is 0.0888. The maximum Gasteiger partial charge on any atom is 0.190 e. The number of nitrogens with zero attached hydrogens (tertiary/aromatic N) is 1. The van der Waals surface area contributed by atoms with Gasteiger partial charge in [0.05, 0.1) is 26.9 Å². The highest BCUT2D eigenvalue weighted by Gasteiger charge is 2.15. The van der Waals surface area contributed by atoms with Gasteiger partial charge >= 0.3 is 0 Å². The summed E-state index contributed by atoms with van der Waals surface area (Å²) in [5.74, 6) is 3.07. The summed E-state index contributed by atoms with van der Waals surface area (Å²) in [6.45, 7) is 5.57. The second-order valence-corrected chi connectivity index (χ2v) is 6.46. The van der Waals surface area contributed by atoms with Gasteiger partial charge in [0.1, 0.15) is 11.5 Å². The summed E-state index contributed by atoms with van der Waals surface area (Å²) in [7, 11) is 3.43. The molecule has 2 rings (SSSR count). The highest BCUT2D eigenvalue weighted by atomic mass is 127. The van der Waals surface area contributed by atoms with Gasteiger partial charge in [0, 0.05) is 39.3 Å². The smallest absolute Gasteiger partial charge is 0.190 e. The molecule has 2 N–H and O–H groups in total. The fourth-order valence-corrected chi connectivity index (χ4v) is 2.71. The number of benzene rings is 1. The standard InChI is InChI=1S/C20H33N3O4.HI/c1-21-20(22-10-3-12-25-15-17-9-14-26-16-17)23-11-4-13-27-19-7-5-18(24-2)6-8-19;/h5-8,17H,3-4,9-16H2,1-2H3,(H2,21,22,23);1H. The summed E-state index contributed by atoms with van der Waals surface area (Å²) in [6, 6.07) is 7.61. The molecule has 28 heavy (non-hydrogen) atoms. The lowest BCUT2D eigenvalue weighted by atomic mass is 10.1. The Hall–Kier alpha value is -1.26. The summed E-state index contributed by atoms with van der Waals surface area (Å²) in [6.07, 6.45) is 2.96. The van der Waals surface area contributed by atoms with E-state index >= 15 is 0 Å². The van der Waals surface area contributed by atoms with Crippen LogP contribution in [0.5, 0.6) is 11.5 Å². The van der Waals surface area contributed by atoms with Crippen molar-refractivity contribution in [3.63, 3.8) is 0 Å². The van der Waals surface area contributed by atoms with Crippen LogP contribution in [0.3, 0.4) is 0 Å². The van der Waals surface area contributed by atoms with E-state index in [1.54, 1.807) is 14.2 Å². The third-order valence-electron chi connectivity index (χ3n) is 4.30. The Bertz CT molecular complexity index is 537. The third-order valence-corrected chi connectivity index (χ3v) is 4.30. The van der Waals surface area contributed by atoms with Gasteiger partial charge in [-0.1, -0.05) is 0 Å².